The van der Waals surface area contributed by atoms with Gasteiger partial charge in [0.1, 0.15) is 29.3 Å². The molecule has 1 aliphatic rings. The summed E-state index contributed by atoms with van der Waals surface area (Å²) in [6.45, 7) is 8.49. The van der Waals surface area contributed by atoms with Crippen molar-refractivity contribution in [1.82, 2.24) is 35.7 Å². The van der Waals surface area contributed by atoms with Gasteiger partial charge in [-0.1, -0.05) is 51.1 Å². The van der Waals surface area contributed by atoms with Crippen LogP contribution in [0.25, 0.3) is 21.8 Å². The fraction of sp³-hybridized carbons (Fsp3) is 0.386. The van der Waals surface area contributed by atoms with Gasteiger partial charge in [-0.15, -0.1) is 11.3 Å². The van der Waals surface area contributed by atoms with E-state index in [2.05, 4.69) is 36.1 Å². The SMILES string of the molecule is COc1cc(OCCCOCCC(=O)N[C@H](C(=O)N2C[C@H](O)C[C@H]2C(=O)NCc2ccc(-c3scnc3C)cc2)C(C)(C)C)ccc1NC(=O)c1cccc(-c2ccn[nH]2)n1. The number of aromatic nitrogens is 4. The Morgan fingerprint density at radius 1 is 1.03 bits per heavy atom. The van der Waals surface area contributed by atoms with Crippen LogP contribution in [0.3, 0.4) is 0 Å². The molecule has 61 heavy (non-hydrogen) atoms. The second-order valence-corrected chi connectivity index (χ2v) is 16.6. The van der Waals surface area contributed by atoms with Crippen LogP contribution in [-0.4, -0.2) is 105 Å². The first-order chi connectivity index (χ1) is 29.3. The molecule has 322 valence electrons. The fourth-order valence-corrected chi connectivity index (χ4v) is 7.60. The Kier molecular flexibility index (Phi) is 14.8. The van der Waals surface area contributed by atoms with Crippen molar-refractivity contribution in [3.8, 4) is 33.3 Å². The summed E-state index contributed by atoms with van der Waals surface area (Å²) in [4.78, 5) is 64.6. The zero-order chi connectivity index (χ0) is 43.5. The first-order valence-corrected chi connectivity index (χ1v) is 20.9. The van der Waals surface area contributed by atoms with E-state index in [9.17, 15) is 24.3 Å². The maximum atomic E-state index is 14.0. The average Bonchev–Trinajstić information content (AvgIpc) is 4.04. The van der Waals surface area contributed by atoms with Gasteiger partial charge in [0.15, 0.2) is 0 Å². The van der Waals surface area contributed by atoms with E-state index in [-0.39, 0.29) is 50.0 Å². The topological polar surface area (TPSA) is 210 Å². The number of aryl methyl sites for hydroxylation is 1. The standard InChI is InChI=1S/C44H52N8O8S/c1-27-39(61-26-46-27)29-12-10-28(11-13-29)24-45-42(56)36-22-30(53)25-52(36)43(57)40(44(2,3)4)50-38(54)17-21-59-19-7-20-60-31-14-15-34(37(23-31)58-5)49-41(55)35-9-6-8-32(48-35)33-16-18-47-51-33/h6,8-16,18,23,26,30,36,40,53H,7,17,19-22,24-25H2,1-5H3,(H,45,56)(H,47,51)(H,49,55)(H,50,54)/t30-,36+,40-/m1/s1. The number of nitrogens with one attached hydrogen (secondary N) is 4. The lowest BCUT2D eigenvalue weighted by molar-refractivity contribution is -0.144. The second-order valence-electron chi connectivity index (χ2n) is 15.7. The van der Waals surface area contributed by atoms with Crippen molar-refractivity contribution in [3.63, 3.8) is 0 Å². The lowest BCUT2D eigenvalue weighted by atomic mass is 9.85. The number of hydrogen-bond acceptors (Lipinski definition) is 12. The number of benzene rings is 2. The molecule has 0 saturated carbocycles. The minimum Gasteiger partial charge on any atom is -0.494 e. The predicted molar refractivity (Wildman–Crippen MR) is 230 cm³/mol. The molecule has 0 bridgehead atoms. The third kappa shape index (κ3) is 11.8. The first-order valence-electron chi connectivity index (χ1n) is 20.0. The number of rotatable bonds is 18. The molecule has 0 aliphatic carbocycles. The van der Waals surface area contributed by atoms with E-state index in [0.29, 0.717) is 48.2 Å². The van der Waals surface area contributed by atoms with Crippen molar-refractivity contribution in [2.45, 2.75) is 71.7 Å². The number of ether oxygens (including phenoxy) is 3. The van der Waals surface area contributed by atoms with Gasteiger partial charge in [-0.25, -0.2) is 9.97 Å². The molecule has 6 rings (SSSR count). The number of carbonyl (C=O) groups is 4. The molecule has 4 amide bonds. The van der Waals surface area contributed by atoms with E-state index >= 15 is 0 Å². The molecule has 16 nitrogen and oxygen atoms in total. The Morgan fingerprint density at radius 2 is 1.84 bits per heavy atom. The normalized spacial score (nSPS) is 15.5. The Hall–Kier alpha value is -6.17. The Balaban J connectivity index is 0.919. The number of carbonyl (C=O) groups excluding carboxylic acids is 4. The number of amides is 4. The van der Waals surface area contributed by atoms with Gasteiger partial charge in [0, 0.05) is 51.2 Å². The monoisotopic (exact) mass is 852 g/mol. The second kappa shape index (κ2) is 20.4. The van der Waals surface area contributed by atoms with Crippen molar-refractivity contribution in [2.75, 3.05) is 38.8 Å². The lowest BCUT2D eigenvalue weighted by Gasteiger charge is -2.35. The quantitative estimate of drug-likeness (QED) is 0.0729. The summed E-state index contributed by atoms with van der Waals surface area (Å²) in [7, 11) is 1.50. The molecule has 4 heterocycles. The number of nitrogens with zero attached hydrogens (tertiary/aromatic N) is 4. The van der Waals surface area contributed by atoms with Crippen LogP contribution in [-0.2, 0) is 25.7 Å². The van der Waals surface area contributed by atoms with Crippen LogP contribution in [0, 0.1) is 12.3 Å². The largest absolute Gasteiger partial charge is 0.494 e. The van der Waals surface area contributed by atoms with Crippen molar-refractivity contribution in [3.05, 3.63) is 95.4 Å². The molecule has 5 N–H and O–H groups in total. The van der Waals surface area contributed by atoms with Gasteiger partial charge in [-0.2, -0.15) is 5.10 Å². The fourth-order valence-electron chi connectivity index (χ4n) is 6.79. The summed E-state index contributed by atoms with van der Waals surface area (Å²) in [5, 5.41) is 25.9. The minimum atomic E-state index is -0.941. The Morgan fingerprint density at radius 3 is 2.54 bits per heavy atom. The summed E-state index contributed by atoms with van der Waals surface area (Å²) in [5.41, 5.74) is 5.98. The molecule has 1 aliphatic heterocycles. The molecule has 5 aromatic rings. The summed E-state index contributed by atoms with van der Waals surface area (Å²) in [6, 6.07) is 18.0. The molecular formula is C44H52N8O8S. The van der Waals surface area contributed by atoms with Crippen LogP contribution in [0.15, 0.2) is 78.4 Å². The third-order valence-corrected chi connectivity index (χ3v) is 11.0. The number of H-pyrrole nitrogens is 1. The number of likely N-dealkylation sites (tertiary alicyclic amines) is 1. The third-order valence-electron chi connectivity index (χ3n) is 10.1. The highest BCUT2D eigenvalue weighted by molar-refractivity contribution is 7.13. The number of anilines is 1. The Labute approximate surface area is 358 Å². The van der Waals surface area contributed by atoms with Crippen LogP contribution in [0.5, 0.6) is 11.5 Å². The van der Waals surface area contributed by atoms with Gasteiger partial charge in [0.25, 0.3) is 5.91 Å². The predicted octanol–water partition coefficient (Wildman–Crippen LogP) is 5.15. The molecule has 0 unspecified atom stereocenters. The number of aliphatic hydroxyl groups is 1. The molecule has 3 aromatic heterocycles. The van der Waals surface area contributed by atoms with Gasteiger partial charge < -0.3 is 40.2 Å². The van der Waals surface area contributed by atoms with Gasteiger partial charge in [0.05, 0.1) is 59.6 Å². The number of aromatic amines is 1. The zero-order valence-corrected chi connectivity index (χ0v) is 35.7. The lowest BCUT2D eigenvalue weighted by Crippen LogP contribution is -2.57. The van der Waals surface area contributed by atoms with Crippen LogP contribution < -0.4 is 25.4 Å². The number of methoxy groups -OCH3 is 1. The van der Waals surface area contributed by atoms with Crippen LogP contribution >= 0.6 is 11.3 Å². The van der Waals surface area contributed by atoms with Crippen molar-refractivity contribution >= 4 is 40.7 Å². The molecule has 1 saturated heterocycles. The molecule has 2 aromatic carbocycles. The molecule has 17 heteroatoms. The van der Waals surface area contributed by atoms with Gasteiger partial charge in [0.2, 0.25) is 17.7 Å². The maximum Gasteiger partial charge on any atom is 0.274 e. The number of pyridine rings is 1. The zero-order valence-electron chi connectivity index (χ0n) is 34.9. The van der Waals surface area contributed by atoms with Crippen molar-refractivity contribution in [1.29, 1.82) is 0 Å². The summed E-state index contributed by atoms with van der Waals surface area (Å²) in [5.74, 6) is -0.639. The van der Waals surface area contributed by atoms with E-state index in [0.717, 1.165) is 21.7 Å². The summed E-state index contributed by atoms with van der Waals surface area (Å²) >= 11 is 1.57. The highest BCUT2D eigenvalue weighted by Gasteiger charge is 2.44. The summed E-state index contributed by atoms with van der Waals surface area (Å²) in [6.07, 6.45) is 1.39. The average molecular weight is 853 g/mol. The van der Waals surface area contributed by atoms with Crippen LogP contribution in [0.1, 0.15) is 61.8 Å². The highest BCUT2D eigenvalue weighted by Crippen LogP contribution is 2.31. The van der Waals surface area contributed by atoms with Crippen molar-refractivity contribution in [2.24, 2.45) is 5.41 Å². The van der Waals surface area contributed by atoms with Gasteiger partial charge in [-0.3, -0.25) is 24.3 Å². The van der Waals surface area contributed by atoms with E-state index in [4.69, 9.17) is 14.2 Å². The molecule has 3 atom stereocenters. The van der Waals surface area contributed by atoms with Gasteiger partial charge in [-0.05, 0) is 53.8 Å². The van der Waals surface area contributed by atoms with Crippen molar-refractivity contribution < 1.29 is 38.5 Å². The van der Waals surface area contributed by atoms with Crippen LogP contribution in [0.4, 0.5) is 5.69 Å². The van der Waals surface area contributed by atoms with E-state index in [1.807, 2.05) is 57.5 Å². The molecule has 0 spiro atoms. The smallest absolute Gasteiger partial charge is 0.274 e. The van der Waals surface area contributed by atoms with E-state index in [1.165, 1.54) is 12.0 Å². The molecule has 1 fully saturated rings. The number of β-amino-alcohol motifs (C(OH)–C–C–N with tert-alkyl or cyclic N) is 1. The highest BCUT2D eigenvalue weighted by atomic mass is 32.1. The van der Waals surface area contributed by atoms with E-state index < -0.39 is 35.4 Å². The van der Waals surface area contributed by atoms with Gasteiger partial charge >= 0.3 is 0 Å². The van der Waals surface area contributed by atoms with E-state index in [1.54, 1.807) is 60.0 Å². The molecular weight excluding hydrogens is 801 g/mol. The number of aliphatic hydroxyl groups excluding tert-OH is 1. The van der Waals surface area contributed by atoms with Crippen LogP contribution in [0.2, 0.25) is 0 Å². The number of hydrogen-bond donors (Lipinski definition) is 5. The number of thiazole rings is 1. The minimum absolute atomic E-state index is 0.0125. The first kappa shape index (κ1) is 44.4. The summed E-state index contributed by atoms with van der Waals surface area (Å²) < 4.78 is 17.1. The Bertz CT molecular complexity index is 2280. The molecule has 0 radical (unpaired) electrons. The maximum absolute atomic E-state index is 14.0.